The fourth-order valence-corrected chi connectivity index (χ4v) is 4.86. The van der Waals surface area contributed by atoms with Gasteiger partial charge in [0, 0.05) is 11.6 Å². The predicted octanol–water partition coefficient (Wildman–Crippen LogP) is 5.89. The molecule has 0 aliphatic heterocycles. The molecule has 0 radical (unpaired) electrons. The van der Waals surface area contributed by atoms with E-state index in [4.69, 9.17) is 4.42 Å². The first kappa shape index (κ1) is 21.5. The molecule has 2 heterocycles. The molecule has 1 amide bonds. The van der Waals surface area contributed by atoms with E-state index in [1.807, 2.05) is 74.5 Å². The summed E-state index contributed by atoms with van der Waals surface area (Å²) in [5.41, 5.74) is 3.89. The molecule has 4 aromatic rings. The lowest BCUT2D eigenvalue weighted by Crippen LogP contribution is -2.20. The van der Waals surface area contributed by atoms with Crippen LogP contribution in [0.5, 0.6) is 0 Å². The van der Waals surface area contributed by atoms with E-state index in [1.165, 1.54) is 11.8 Å². The maximum atomic E-state index is 13.6. The standard InChI is InChI=1S/C26H26N4O2S/c1-17-10-11-18(2)22(15-17)27-25(31)23(19-7-4-3-5-8-19)33-26-29-28-24(20-12-13-20)30(26)16-21-9-6-14-32-21/h3-11,14-15,20,23H,12-13,16H2,1-2H3,(H,27,31). The van der Waals surface area contributed by atoms with Gasteiger partial charge in [-0.05, 0) is 61.6 Å². The zero-order chi connectivity index (χ0) is 22.8. The first-order valence-electron chi connectivity index (χ1n) is 11.1. The van der Waals surface area contributed by atoms with Crippen LogP contribution in [0.25, 0.3) is 0 Å². The summed E-state index contributed by atoms with van der Waals surface area (Å²) in [6, 6.07) is 19.7. The minimum absolute atomic E-state index is 0.0829. The molecular weight excluding hydrogens is 432 g/mol. The number of aryl methyl sites for hydroxylation is 2. The summed E-state index contributed by atoms with van der Waals surface area (Å²) in [6.45, 7) is 4.57. The zero-order valence-corrected chi connectivity index (χ0v) is 19.5. The molecule has 1 saturated carbocycles. The van der Waals surface area contributed by atoms with Gasteiger partial charge >= 0.3 is 0 Å². The lowest BCUT2D eigenvalue weighted by molar-refractivity contribution is -0.115. The Morgan fingerprint density at radius 2 is 1.94 bits per heavy atom. The van der Waals surface area contributed by atoms with E-state index >= 15 is 0 Å². The van der Waals surface area contributed by atoms with Crippen LogP contribution in [0.15, 0.2) is 76.5 Å². The molecule has 1 N–H and O–H groups in total. The normalized spacial score (nSPS) is 14.2. The number of amides is 1. The number of anilines is 1. The van der Waals surface area contributed by atoms with Crippen molar-refractivity contribution in [3.8, 4) is 0 Å². The molecule has 1 fully saturated rings. The van der Waals surface area contributed by atoms with E-state index in [9.17, 15) is 4.79 Å². The molecule has 5 rings (SSSR count). The van der Waals surface area contributed by atoms with Gasteiger partial charge in [-0.1, -0.05) is 54.2 Å². The number of hydrogen-bond donors (Lipinski definition) is 1. The summed E-state index contributed by atoms with van der Waals surface area (Å²) in [4.78, 5) is 13.6. The predicted molar refractivity (Wildman–Crippen MR) is 129 cm³/mol. The molecule has 0 spiro atoms. The van der Waals surface area contributed by atoms with E-state index in [1.54, 1.807) is 6.26 Å². The Bertz CT molecular complexity index is 1250. The molecule has 168 valence electrons. The Morgan fingerprint density at radius 3 is 2.67 bits per heavy atom. The summed E-state index contributed by atoms with van der Waals surface area (Å²) >= 11 is 1.43. The van der Waals surface area contributed by atoms with Crippen molar-refractivity contribution in [1.29, 1.82) is 0 Å². The summed E-state index contributed by atoms with van der Waals surface area (Å²) in [5, 5.41) is 12.4. The van der Waals surface area contributed by atoms with Gasteiger partial charge in [0.25, 0.3) is 0 Å². The largest absolute Gasteiger partial charge is 0.467 e. The second-order valence-electron chi connectivity index (χ2n) is 8.50. The van der Waals surface area contributed by atoms with Crippen LogP contribution in [0.3, 0.4) is 0 Å². The number of carbonyl (C=O) groups excluding carboxylic acids is 1. The Balaban J connectivity index is 1.47. The van der Waals surface area contributed by atoms with Crippen molar-refractivity contribution in [2.75, 3.05) is 5.32 Å². The quantitative estimate of drug-likeness (QED) is 0.334. The number of thioether (sulfide) groups is 1. The summed E-state index contributed by atoms with van der Waals surface area (Å²) < 4.78 is 7.69. The third-order valence-corrected chi connectivity index (χ3v) is 7.03. The number of hydrogen-bond acceptors (Lipinski definition) is 5. The lowest BCUT2D eigenvalue weighted by atomic mass is 10.1. The van der Waals surface area contributed by atoms with Gasteiger partial charge in [0.05, 0.1) is 12.8 Å². The molecule has 1 aliphatic carbocycles. The van der Waals surface area contributed by atoms with E-state index in [2.05, 4.69) is 20.1 Å². The number of nitrogens with zero attached hydrogens (tertiary/aromatic N) is 3. The molecule has 7 heteroatoms. The highest BCUT2D eigenvalue weighted by Crippen LogP contribution is 2.42. The van der Waals surface area contributed by atoms with Crippen molar-refractivity contribution in [3.05, 3.63) is 95.2 Å². The van der Waals surface area contributed by atoms with Crippen LogP contribution in [0.1, 0.15) is 52.3 Å². The molecule has 0 bridgehead atoms. The van der Waals surface area contributed by atoms with Crippen molar-refractivity contribution in [3.63, 3.8) is 0 Å². The van der Waals surface area contributed by atoms with Crippen LogP contribution in [0.4, 0.5) is 5.69 Å². The maximum absolute atomic E-state index is 13.6. The van der Waals surface area contributed by atoms with Crippen molar-refractivity contribution in [2.45, 2.75) is 49.6 Å². The molecule has 1 unspecified atom stereocenters. The number of furan rings is 1. The first-order valence-corrected chi connectivity index (χ1v) is 12.0. The Hall–Kier alpha value is -3.32. The van der Waals surface area contributed by atoms with Crippen molar-refractivity contribution < 1.29 is 9.21 Å². The van der Waals surface area contributed by atoms with Crippen molar-refractivity contribution in [2.24, 2.45) is 0 Å². The summed E-state index contributed by atoms with van der Waals surface area (Å²) in [6.07, 6.45) is 3.92. The smallest absolute Gasteiger partial charge is 0.242 e. The van der Waals surface area contributed by atoms with Gasteiger partial charge in [0.15, 0.2) is 5.16 Å². The minimum Gasteiger partial charge on any atom is -0.467 e. The second kappa shape index (κ2) is 9.27. The van der Waals surface area contributed by atoms with Crippen LogP contribution < -0.4 is 5.32 Å². The fraction of sp³-hybridized carbons (Fsp3) is 0.269. The number of carbonyl (C=O) groups is 1. The molecule has 1 aliphatic rings. The summed E-state index contributed by atoms with van der Waals surface area (Å²) in [7, 11) is 0. The molecule has 33 heavy (non-hydrogen) atoms. The van der Waals surface area contributed by atoms with Gasteiger partial charge in [0.2, 0.25) is 5.91 Å². The fourth-order valence-electron chi connectivity index (χ4n) is 3.81. The second-order valence-corrected chi connectivity index (χ2v) is 9.57. The molecule has 1 atom stereocenters. The molecule has 2 aromatic heterocycles. The molecular formula is C26H26N4O2S. The molecule has 0 saturated heterocycles. The third kappa shape index (κ3) is 4.88. The van der Waals surface area contributed by atoms with Crippen LogP contribution >= 0.6 is 11.8 Å². The Labute approximate surface area is 197 Å². The third-order valence-electron chi connectivity index (χ3n) is 5.80. The van der Waals surface area contributed by atoms with E-state index in [0.717, 1.165) is 52.0 Å². The van der Waals surface area contributed by atoms with Gasteiger partial charge in [-0.15, -0.1) is 10.2 Å². The van der Waals surface area contributed by atoms with Gasteiger partial charge in [-0.2, -0.15) is 0 Å². The average molecular weight is 459 g/mol. The molecule has 2 aromatic carbocycles. The van der Waals surface area contributed by atoms with Crippen LogP contribution in [-0.4, -0.2) is 20.7 Å². The highest BCUT2D eigenvalue weighted by molar-refractivity contribution is 8.00. The maximum Gasteiger partial charge on any atom is 0.242 e. The van der Waals surface area contributed by atoms with Gasteiger partial charge in [0.1, 0.15) is 16.8 Å². The van der Waals surface area contributed by atoms with Crippen LogP contribution in [0.2, 0.25) is 0 Å². The SMILES string of the molecule is Cc1ccc(C)c(NC(=O)C(Sc2nnc(C3CC3)n2Cc2ccco2)c2ccccc2)c1. The van der Waals surface area contributed by atoms with Crippen LogP contribution in [-0.2, 0) is 11.3 Å². The number of aromatic nitrogens is 3. The lowest BCUT2D eigenvalue weighted by Gasteiger charge is -2.18. The number of benzene rings is 2. The van der Waals surface area contributed by atoms with Gasteiger partial charge in [-0.25, -0.2) is 0 Å². The average Bonchev–Trinajstić information content (AvgIpc) is 3.39. The van der Waals surface area contributed by atoms with E-state index < -0.39 is 5.25 Å². The van der Waals surface area contributed by atoms with Crippen LogP contribution in [0, 0.1) is 13.8 Å². The minimum atomic E-state index is -0.474. The van der Waals surface area contributed by atoms with Gasteiger partial charge < -0.3 is 9.73 Å². The number of nitrogens with one attached hydrogen (secondary N) is 1. The Morgan fingerprint density at radius 1 is 1.12 bits per heavy atom. The van der Waals surface area contributed by atoms with Gasteiger partial charge in [-0.3, -0.25) is 9.36 Å². The Kier molecular flexibility index (Phi) is 6.05. The molecule has 6 nitrogen and oxygen atoms in total. The zero-order valence-electron chi connectivity index (χ0n) is 18.7. The first-order chi connectivity index (χ1) is 16.1. The number of rotatable bonds is 8. The highest BCUT2D eigenvalue weighted by Gasteiger charge is 2.32. The monoisotopic (exact) mass is 458 g/mol. The van der Waals surface area contributed by atoms with Crippen molar-refractivity contribution in [1.82, 2.24) is 14.8 Å². The summed E-state index contributed by atoms with van der Waals surface area (Å²) in [5.74, 6) is 2.16. The van der Waals surface area contributed by atoms with E-state index in [-0.39, 0.29) is 5.91 Å². The highest BCUT2D eigenvalue weighted by atomic mass is 32.2. The topological polar surface area (TPSA) is 73.0 Å². The van der Waals surface area contributed by atoms with E-state index in [0.29, 0.717) is 12.5 Å². The van der Waals surface area contributed by atoms with Crippen molar-refractivity contribution >= 4 is 23.4 Å².